The second-order valence-electron chi connectivity index (χ2n) is 12.2. The number of benzene rings is 1. The van der Waals surface area contributed by atoms with E-state index < -0.39 is 38.1 Å². The Labute approximate surface area is 276 Å². The number of amides is 1. The topological polar surface area (TPSA) is 178 Å². The smallest absolute Gasteiger partial charge is 0.280 e. The van der Waals surface area contributed by atoms with E-state index in [0.29, 0.717) is 19.4 Å². The fourth-order valence-corrected chi connectivity index (χ4v) is 7.39. The van der Waals surface area contributed by atoms with Gasteiger partial charge < -0.3 is 28.6 Å². The molecule has 1 aliphatic rings. The molecule has 4 rings (SSSR count). The van der Waals surface area contributed by atoms with Crippen molar-refractivity contribution >= 4 is 31.6 Å². The number of nitrogens with zero attached hydrogens (tertiary/aromatic N) is 6. The van der Waals surface area contributed by atoms with Gasteiger partial charge in [-0.2, -0.15) is 12.7 Å². The van der Waals surface area contributed by atoms with Gasteiger partial charge in [0.25, 0.3) is 26.0 Å². The maximum Gasteiger partial charge on any atom is 0.280 e. The zero-order chi connectivity index (χ0) is 34.5. The van der Waals surface area contributed by atoms with Gasteiger partial charge in [-0.1, -0.05) is 6.92 Å². The summed E-state index contributed by atoms with van der Waals surface area (Å²) in [4.78, 5) is 23.7. The van der Waals surface area contributed by atoms with Crippen molar-refractivity contribution in [3.8, 4) is 5.75 Å². The molecule has 2 aromatic heterocycles. The highest BCUT2D eigenvalue weighted by atomic mass is 32.2. The van der Waals surface area contributed by atoms with Crippen molar-refractivity contribution in [1.29, 1.82) is 0 Å². The number of carbonyl (C=O) groups excluding carboxylic acids is 1. The number of aliphatic hydroxyl groups excluding tert-OH is 1. The maximum atomic E-state index is 14.3. The lowest BCUT2D eigenvalue weighted by molar-refractivity contribution is -0.00835. The number of aryl methyl sites for hydroxylation is 2. The number of aromatic nitrogens is 4. The minimum Gasteiger partial charge on any atom is -0.490 e. The minimum atomic E-state index is -4.05. The number of carbonyl (C=O) groups is 1. The molecule has 0 radical (unpaired) electrons. The fourth-order valence-electron chi connectivity index (χ4n) is 5.22. The molecule has 3 aromatic rings. The summed E-state index contributed by atoms with van der Waals surface area (Å²) in [7, 11) is -3.16. The second kappa shape index (κ2) is 15.1. The van der Waals surface area contributed by atoms with Gasteiger partial charge in [-0.05, 0) is 51.3 Å². The molecule has 2 N–H and O–H groups in total. The van der Waals surface area contributed by atoms with Crippen molar-refractivity contribution in [3.05, 3.63) is 48.8 Å². The Kier molecular flexibility index (Phi) is 11.7. The van der Waals surface area contributed by atoms with Crippen LogP contribution in [0, 0.1) is 5.92 Å². The number of fused-ring (bicyclic) bond motifs is 1. The average molecular weight is 696 g/mol. The van der Waals surface area contributed by atoms with Gasteiger partial charge in [0.15, 0.2) is 10.1 Å². The van der Waals surface area contributed by atoms with E-state index in [9.17, 15) is 26.7 Å². The third kappa shape index (κ3) is 8.90. The Bertz CT molecular complexity index is 1740. The number of ether oxygens (including phenoxy) is 2. The third-order valence-corrected chi connectivity index (χ3v) is 11.0. The van der Waals surface area contributed by atoms with Gasteiger partial charge in [0.05, 0.1) is 43.1 Å². The highest BCUT2D eigenvalue weighted by Gasteiger charge is 2.33. The summed E-state index contributed by atoms with van der Waals surface area (Å²) in [5.74, 6) is -0.603. The molecule has 0 fully saturated rings. The highest BCUT2D eigenvalue weighted by Crippen LogP contribution is 2.29. The molecule has 1 aliphatic heterocycles. The SMILES string of the molecule is C[C@@H]1CN([C@@H](C)CO)C(=O)c2cc(NS(=O)(=O)c3cn(C)cn3)ccc2O[C@@H](C)CCCCO[C@H]1CN(C)S(=O)(=O)c1cn(C)cn1. The number of aliphatic hydroxyl groups is 1. The van der Waals surface area contributed by atoms with Gasteiger partial charge in [-0.25, -0.2) is 18.4 Å². The zero-order valence-corrected chi connectivity index (χ0v) is 29.2. The summed E-state index contributed by atoms with van der Waals surface area (Å²) in [6.07, 6.45) is 6.79. The molecule has 0 saturated heterocycles. The molecule has 0 bridgehead atoms. The monoisotopic (exact) mass is 695 g/mol. The number of hydrogen-bond donors (Lipinski definition) is 2. The van der Waals surface area contributed by atoms with E-state index >= 15 is 0 Å². The normalized spacial score (nSPS) is 21.1. The summed E-state index contributed by atoms with van der Waals surface area (Å²) in [6, 6.07) is 3.85. The van der Waals surface area contributed by atoms with Crippen LogP contribution in [0.25, 0.3) is 0 Å². The number of nitrogens with one attached hydrogen (secondary N) is 1. The first-order chi connectivity index (χ1) is 22.1. The molecule has 0 aliphatic carbocycles. The van der Waals surface area contributed by atoms with Crippen molar-refractivity contribution in [2.75, 3.05) is 38.1 Å². The Morgan fingerprint density at radius 3 is 2.34 bits per heavy atom. The van der Waals surface area contributed by atoms with Crippen LogP contribution in [-0.2, 0) is 38.9 Å². The molecule has 1 aromatic carbocycles. The van der Waals surface area contributed by atoms with Crippen LogP contribution >= 0.6 is 0 Å². The van der Waals surface area contributed by atoms with Gasteiger partial charge in [-0.15, -0.1) is 0 Å². The third-order valence-electron chi connectivity index (χ3n) is 8.05. The molecule has 15 nitrogen and oxygen atoms in total. The van der Waals surface area contributed by atoms with Crippen LogP contribution in [-0.4, -0.2) is 108 Å². The first-order valence-electron chi connectivity index (χ1n) is 15.4. The minimum absolute atomic E-state index is 0.00512. The quantitative estimate of drug-likeness (QED) is 0.337. The van der Waals surface area contributed by atoms with Gasteiger partial charge in [0.2, 0.25) is 0 Å². The molecule has 0 spiro atoms. The van der Waals surface area contributed by atoms with Gasteiger partial charge in [0.1, 0.15) is 5.75 Å². The van der Waals surface area contributed by atoms with Crippen LogP contribution in [0.1, 0.15) is 50.4 Å². The summed E-state index contributed by atoms with van der Waals surface area (Å²) in [5, 5.41) is 9.92. The highest BCUT2D eigenvalue weighted by molar-refractivity contribution is 7.92. The van der Waals surface area contributed by atoms with Gasteiger partial charge in [0, 0.05) is 64.8 Å². The molecule has 1 amide bonds. The van der Waals surface area contributed by atoms with Crippen molar-refractivity contribution in [2.45, 2.75) is 68.3 Å². The van der Waals surface area contributed by atoms with E-state index in [1.54, 1.807) is 31.7 Å². The number of imidazole rings is 2. The summed E-state index contributed by atoms with van der Waals surface area (Å²) >= 11 is 0. The molecule has 0 saturated carbocycles. The Balaban J connectivity index is 1.67. The summed E-state index contributed by atoms with van der Waals surface area (Å²) < 4.78 is 71.9. The van der Waals surface area contributed by atoms with Crippen LogP contribution in [0.4, 0.5) is 5.69 Å². The molecule has 17 heteroatoms. The van der Waals surface area contributed by atoms with Crippen molar-refractivity contribution in [3.63, 3.8) is 0 Å². The summed E-state index contributed by atoms with van der Waals surface area (Å²) in [5.41, 5.74) is 0.238. The molecule has 3 heterocycles. The van der Waals surface area contributed by atoms with Crippen LogP contribution in [0.5, 0.6) is 5.75 Å². The fraction of sp³-hybridized carbons (Fsp3) is 0.567. The molecule has 4 atom stereocenters. The average Bonchev–Trinajstić information content (AvgIpc) is 3.67. The van der Waals surface area contributed by atoms with E-state index in [0.717, 1.165) is 6.42 Å². The lowest BCUT2D eigenvalue weighted by atomic mass is 10.0. The number of rotatable bonds is 9. The van der Waals surface area contributed by atoms with Crippen LogP contribution in [0.3, 0.4) is 0 Å². The summed E-state index contributed by atoms with van der Waals surface area (Å²) in [6.45, 7) is 5.56. The Morgan fingerprint density at radius 2 is 1.72 bits per heavy atom. The number of hydrogen-bond acceptors (Lipinski definition) is 10. The molecule has 260 valence electrons. The van der Waals surface area contributed by atoms with Crippen molar-refractivity contribution in [1.82, 2.24) is 28.3 Å². The Morgan fingerprint density at radius 1 is 1.06 bits per heavy atom. The van der Waals surface area contributed by atoms with Crippen LogP contribution in [0.15, 0.2) is 53.3 Å². The lowest BCUT2D eigenvalue weighted by Gasteiger charge is -2.35. The van der Waals surface area contributed by atoms with E-state index in [1.165, 1.54) is 58.0 Å². The van der Waals surface area contributed by atoms with E-state index in [1.807, 2.05) is 13.8 Å². The van der Waals surface area contributed by atoms with Crippen molar-refractivity contribution in [2.24, 2.45) is 20.0 Å². The van der Waals surface area contributed by atoms with E-state index in [-0.39, 0.29) is 58.8 Å². The molecule has 0 unspecified atom stereocenters. The maximum absolute atomic E-state index is 14.3. The standard InChI is InChI=1S/C30H45N7O8S2/c1-21-14-37(22(2)18-38)30(39)25-13-24(33-46(40,41)28-16-34(4)19-31-28)10-11-26(25)45-23(3)9-7-8-12-44-27(21)15-36(6)47(42,43)29-17-35(5)20-32-29/h10-11,13,16-17,19-23,27,33,38H,7-9,12,14-15,18H2,1-6H3/t21-,22+,23+,27+/m1/s1. The molecule has 47 heavy (non-hydrogen) atoms. The van der Waals surface area contributed by atoms with Crippen LogP contribution in [0.2, 0.25) is 0 Å². The predicted molar refractivity (Wildman–Crippen MR) is 174 cm³/mol. The van der Waals surface area contributed by atoms with Crippen LogP contribution < -0.4 is 9.46 Å². The van der Waals surface area contributed by atoms with E-state index in [4.69, 9.17) is 9.47 Å². The molecular weight excluding hydrogens is 651 g/mol. The second-order valence-corrected chi connectivity index (χ2v) is 15.8. The first-order valence-corrected chi connectivity index (χ1v) is 18.3. The zero-order valence-electron chi connectivity index (χ0n) is 27.6. The molecular formula is C30H45N7O8S2. The van der Waals surface area contributed by atoms with Crippen molar-refractivity contribution < 1.29 is 36.2 Å². The van der Waals surface area contributed by atoms with E-state index in [2.05, 4.69) is 14.7 Å². The number of anilines is 1. The van der Waals surface area contributed by atoms with Gasteiger partial charge >= 0.3 is 0 Å². The Hall–Kier alpha value is -3.51. The van der Waals surface area contributed by atoms with Gasteiger partial charge in [-0.3, -0.25) is 9.52 Å². The number of sulfonamides is 2. The lowest BCUT2D eigenvalue weighted by Crippen LogP contribution is -2.48. The number of likely N-dealkylation sites (N-methyl/N-ethyl adjacent to an activating group) is 1. The predicted octanol–water partition coefficient (Wildman–Crippen LogP) is 2.07. The largest absolute Gasteiger partial charge is 0.490 e. The first kappa shape index (κ1) is 36.3.